The monoisotopic (exact) mass is 276 g/mol. The maximum absolute atomic E-state index is 11.7. The van der Waals surface area contributed by atoms with Crippen molar-refractivity contribution in [1.29, 1.82) is 0 Å². The maximum Gasteiger partial charge on any atom is 0.293 e. The molecule has 1 aromatic carbocycles. The fourth-order valence-electron chi connectivity index (χ4n) is 2.45. The lowest BCUT2D eigenvalue weighted by atomic mass is 9.89. The summed E-state index contributed by atoms with van der Waals surface area (Å²) in [6.07, 6.45) is 3.57. The lowest BCUT2D eigenvalue weighted by molar-refractivity contribution is -0.384. The number of amides is 1. The number of benzene rings is 1. The van der Waals surface area contributed by atoms with Gasteiger partial charge in [0.15, 0.2) is 0 Å². The molecule has 0 aromatic heterocycles. The smallest absolute Gasteiger partial charge is 0.293 e. The zero-order valence-electron chi connectivity index (χ0n) is 11.3. The molecule has 1 N–H and O–H groups in total. The second-order valence-electron chi connectivity index (χ2n) is 4.79. The van der Waals surface area contributed by atoms with E-state index in [9.17, 15) is 19.7 Å². The molecule has 0 aliphatic heterocycles. The SMILES string of the molecule is CCC(=O)C(=O)Nc1c([N+](=O)[O-])ccc2c1CCCC2. The second kappa shape index (κ2) is 5.81. The van der Waals surface area contributed by atoms with Gasteiger partial charge < -0.3 is 5.32 Å². The molecule has 1 aliphatic carbocycles. The van der Waals surface area contributed by atoms with E-state index in [1.54, 1.807) is 13.0 Å². The van der Waals surface area contributed by atoms with Crippen LogP contribution >= 0.6 is 0 Å². The van der Waals surface area contributed by atoms with E-state index in [4.69, 9.17) is 0 Å². The maximum atomic E-state index is 11.7. The molecule has 0 radical (unpaired) electrons. The van der Waals surface area contributed by atoms with Crippen LogP contribution in [0.5, 0.6) is 0 Å². The van der Waals surface area contributed by atoms with Crippen molar-refractivity contribution in [2.24, 2.45) is 0 Å². The molecule has 0 heterocycles. The summed E-state index contributed by atoms with van der Waals surface area (Å²) in [5.41, 5.74) is 1.85. The molecule has 0 spiro atoms. The van der Waals surface area contributed by atoms with Crippen LogP contribution in [-0.4, -0.2) is 16.6 Å². The summed E-state index contributed by atoms with van der Waals surface area (Å²) in [6.45, 7) is 1.58. The minimum absolute atomic E-state index is 0.0780. The third-order valence-electron chi connectivity index (χ3n) is 3.52. The van der Waals surface area contributed by atoms with Gasteiger partial charge >= 0.3 is 0 Å². The Kier molecular flexibility index (Phi) is 4.12. The molecular formula is C14H16N2O4. The van der Waals surface area contributed by atoms with Gasteiger partial charge in [-0.3, -0.25) is 19.7 Å². The summed E-state index contributed by atoms with van der Waals surface area (Å²) < 4.78 is 0. The fraction of sp³-hybridized carbons (Fsp3) is 0.429. The number of hydrogen-bond acceptors (Lipinski definition) is 4. The van der Waals surface area contributed by atoms with E-state index in [1.807, 2.05) is 0 Å². The Hall–Kier alpha value is -2.24. The average Bonchev–Trinajstić information content (AvgIpc) is 2.46. The van der Waals surface area contributed by atoms with Crippen LogP contribution in [-0.2, 0) is 22.4 Å². The van der Waals surface area contributed by atoms with Crippen LogP contribution in [0, 0.1) is 10.1 Å². The Labute approximate surface area is 116 Å². The van der Waals surface area contributed by atoms with Gasteiger partial charge in [-0.1, -0.05) is 13.0 Å². The summed E-state index contributed by atoms with van der Waals surface area (Å²) in [4.78, 5) is 33.7. The van der Waals surface area contributed by atoms with Gasteiger partial charge in [-0.2, -0.15) is 0 Å². The number of fused-ring (bicyclic) bond motifs is 1. The Bertz CT molecular complexity index is 581. The first-order chi connectivity index (χ1) is 9.54. The standard InChI is InChI=1S/C14H16N2O4/c1-2-12(17)14(18)15-13-10-6-4-3-5-9(10)7-8-11(13)16(19)20/h7-8H,2-6H2,1H3,(H,15,18). The number of carbonyl (C=O) groups is 2. The molecule has 0 atom stereocenters. The highest BCUT2D eigenvalue weighted by atomic mass is 16.6. The molecule has 6 nitrogen and oxygen atoms in total. The Morgan fingerprint density at radius 3 is 2.65 bits per heavy atom. The highest BCUT2D eigenvalue weighted by Crippen LogP contribution is 2.35. The van der Waals surface area contributed by atoms with Crippen LogP contribution in [0.4, 0.5) is 11.4 Å². The van der Waals surface area contributed by atoms with Crippen molar-refractivity contribution in [1.82, 2.24) is 0 Å². The number of anilines is 1. The van der Waals surface area contributed by atoms with Gasteiger partial charge in [0, 0.05) is 12.5 Å². The normalized spacial score (nSPS) is 13.4. The minimum atomic E-state index is -0.783. The molecule has 20 heavy (non-hydrogen) atoms. The summed E-state index contributed by atoms with van der Waals surface area (Å²) in [5.74, 6) is -1.36. The Morgan fingerprint density at radius 1 is 1.30 bits per heavy atom. The number of Topliss-reactive ketones (excluding diaryl/α,β-unsaturated/α-hetero) is 1. The fourth-order valence-corrected chi connectivity index (χ4v) is 2.45. The predicted octanol–water partition coefficient (Wildman–Crippen LogP) is 2.39. The van der Waals surface area contributed by atoms with Gasteiger partial charge in [0.05, 0.1) is 4.92 Å². The number of nitro groups is 1. The number of hydrogen-bond donors (Lipinski definition) is 1. The van der Waals surface area contributed by atoms with Crippen LogP contribution in [0.25, 0.3) is 0 Å². The number of nitrogens with zero attached hydrogens (tertiary/aromatic N) is 1. The lowest BCUT2D eigenvalue weighted by Gasteiger charge is -2.19. The zero-order valence-corrected chi connectivity index (χ0v) is 11.3. The van der Waals surface area contributed by atoms with E-state index in [2.05, 4.69) is 5.32 Å². The summed E-state index contributed by atoms with van der Waals surface area (Å²) >= 11 is 0. The van der Waals surface area contributed by atoms with Gasteiger partial charge in [0.2, 0.25) is 5.78 Å². The van der Waals surface area contributed by atoms with Crippen molar-refractivity contribution in [3.05, 3.63) is 33.4 Å². The molecule has 6 heteroatoms. The van der Waals surface area contributed by atoms with Crippen molar-refractivity contribution >= 4 is 23.1 Å². The quantitative estimate of drug-likeness (QED) is 0.519. The topological polar surface area (TPSA) is 89.3 Å². The minimum Gasteiger partial charge on any atom is -0.313 e. The van der Waals surface area contributed by atoms with Gasteiger partial charge in [0.25, 0.3) is 11.6 Å². The van der Waals surface area contributed by atoms with Crippen LogP contribution in [0.15, 0.2) is 12.1 Å². The van der Waals surface area contributed by atoms with E-state index < -0.39 is 16.6 Å². The van der Waals surface area contributed by atoms with Crippen molar-refractivity contribution in [2.75, 3.05) is 5.32 Å². The van der Waals surface area contributed by atoms with Gasteiger partial charge in [0.1, 0.15) is 5.69 Å². The largest absolute Gasteiger partial charge is 0.313 e. The van der Waals surface area contributed by atoms with E-state index in [-0.39, 0.29) is 17.8 Å². The van der Waals surface area contributed by atoms with Crippen molar-refractivity contribution in [3.63, 3.8) is 0 Å². The first-order valence-corrected chi connectivity index (χ1v) is 6.68. The molecule has 1 aromatic rings. The number of ketones is 1. The first kappa shape index (κ1) is 14.2. The second-order valence-corrected chi connectivity index (χ2v) is 4.79. The lowest BCUT2D eigenvalue weighted by Crippen LogP contribution is -2.24. The number of nitro benzene ring substituents is 1. The van der Waals surface area contributed by atoms with Crippen molar-refractivity contribution < 1.29 is 14.5 Å². The molecule has 0 saturated carbocycles. The summed E-state index contributed by atoms with van der Waals surface area (Å²) in [5, 5.41) is 13.5. The first-order valence-electron chi connectivity index (χ1n) is 6.68. The highest BCUT2D eigenvalue weighted by Gasteiger charge is 2.25. The van der Waals surface area contributed by atoms with E-state index in [0.717, 1.165) is 30.4 Å². The van der Waals surface area contributed by atoms with Crippen LogP contribution in [0.3, 0.4) is 0 Å². The zero-order chi connectivity index (χ0) is 14.7. The number of carbonyl (C=O) groups excluding carboxylic acids is 2. The Balaban J connectivity index is 2.45. The Morgan fingerprint density at radius 2 is 2.00 bits per heavy atom. The van der Waals surface area contributed by atoms with E-state index >= 15 is 0 Å². The molecule has 0 saturated heterocycles. The molecular weight excluding hydrogens is 260 g/mol. The molecule has 2 rings (SSSR count). The third kappa shape index (κ3) is 2.68. The van der Waals surface area contributed by atoms with Crippen molar-refractivity contribution in [2.45, 2.75) is 39.0 Å². The molecule has 0 unspecified atom stereocenters. The number of rotatable bonds is 4. The van der Waals surface area contributed by atoms with Gasteiger partial charge in [-0.15, -0.1) is 0 Å². The third-order valence-corrected chi connectivity index (χ3v) is 3.52. The molecule has 1 amide bonds. The number of aryl methyl sites for hydroxylation is 1. The van der Waals surface area contributed by atoms with Crippen LogP contribution in [0.1, 0.15) is 37.3 Å². The van der Waals surface area contributed by atoms with Crippen molar-refractivity contribution in [3.8, 4) is 0 Å². The van der Waals surface area contributed by atoms with E-state index in [1.165, 1.54) is 6.07 Å². The van der Waals surface area contributed by atoms with Crippen LogP contribution in [0.2, 0.25) is 0 Å². The number of nitrogens with one attached hydrogen (secondary N) is 1. The van der Waals surface area contributed by atoms with Gasteiger partial charge in [-0.05, 0) is 36.8 Å². The summed E-state index contributed by atoms with van der Waals surface area (Å²) in [6, 6.07) is 3.14. The van der Waals surface area contributed by atoms with Crippen LogP contribution < -0.4 is 5.32 Å². The highest BCUT2D eigenvalue weighted by molar-refractivity contribution is 6.40. The molecule has 0 fully saturated rings. The van der Waals surface area contributed by atoms with E-state index in [0.29, 0.717) is 6.42 Å². The molecule has 0 bridgehead atoms. The average molecular weight is 276 g/mol. The predicted molar refractivity (Wildman–Crippen MR) is 73.7 cm³/mol. The summed E-state index contributed by atoms with van der Waals surface area (Å²) in [7, 11) is 0. The molecule has 1 aliphatic rings. The van der Waals surface area contributed by atoms with Gasteiger partial charge in [-0.25, -0.2) is 0 Å². The molecule has 106 valence electrons.